The summed E-state index contributed by atoms with van der Waals surface area (Å²) in [6, 6.07) is 6.34. The molecule has 0 spiro atoms. The third-order valence-electron chi connectivity index (χ3n) is 5.23. The topological polar surface area (TPSA) is 40.0 Å². The Balaban J connectivity index is 2.03. The number of methoxy groups -OCH3 is 1. The van der Waals surface area contributed by atoms with E-state index in [1.54, 1.807) is 7.11 Å². The molecule has 0 aromatic heterocycles. The van der Waals surface area contributed by atoms with Crippen molar-refractivity contribution >= 4 is 19.1 Å². The molecule has 0 fully saturated rings. The highest BCUT2D eigenvalue weighted by atomic mass is 31.1. The van der Waals surface area contributed by atoms with Crippen molar-refractivity contribution in [2.75, 3.05) is 13.7 Å². The zero-order valence-electron chi connectivity index (χ0n) is 17.3. The summed E-state index contributed by atoms with van der Waals surface area (Å²) in [5, 5.41) is 1.31. The van der Waals surface area contributed by atoms with E-state index in [9.17, 15) is 0 Å². The van der Waals surface area contributed by atoms with Crippen molar-refractivity contribution in [2.45, 2.75) is 65.5 Å². The molecule has 5 heteroatoms. The maximum absolute atomic E-state index is 6.55. The van der Waals surface area contributed by atoms with Crippen LogP contribution >= 0.6 is 7.92 Å². The summed E-state index contributed by atoms with van der Waals surface area (Å²) in [7, 11) is 1.10. The lowest BCUT2D eigenvalue weighted by Gasteiger charge is -2.39. The standard InChI is InChI=1S/C21H32NO3P/c1-13(2)14-12-24-18(22-14)21(6,7)19-25-16-11-9-10-15(23-8)17(16)26(19)20(3,4)5/h9-11,13-14,19H,12H2,1-8H3/t14-,19?,26?/m1/s1. The van der Waals surface area contributed by atoms with Gasteiger partial charge in [0, 0.05) is 0 Å². The van der Waals surface area contributed by atoms with E-state index in [4.69, 9.17) is 19.2 Å². The van der Waals surface area contributed by atoms with Crippen molar-refractivity contribution in [3.8, 4) is 11.5 Å². The van der Waals surface area contributed by atoms with Crippen LogP contribution in [0.5, 0.6) is 11.5 Å². The highest BCUT2D eigenvalue weighted by Gasteiger charge is 2.53. The fourth-order valence-electron chi connectivity index (χ4n) is 3.64. The van der Waals surface area contributed by atoms with Crippen molar-refractivity contribution < 1.29 is 14.2 Å². The van der Waals surface area contributed by atoms with Crippen LogP contribution in [0.25, 0.3) is 0 Å². The molecule has 3 atom stereocenters. The van der Waals surface area contributed by atoms with Crippen LogP contribution in [0.15, 0.2) is 23.2 Å². The first-order valence-electron chi connectivity index (χ1n) is 9.41. The smallest absolute Gasteiger partial charge is 0.193 e. The molecule has 0 bridgehead atoms. The molecular weight excluding hydrogens is 345 g/mol. The van der Waals surface area contributed by atoms with Gasteiger partial charge in [-0.2, -0.15) is 0 Å². The van der Waals surface area contributed by atoms with Crippen LogP contribution in [0.3, 0.4) is 0 Å². The molecule has 0 radical (unpaired) electrons. The number of rotatable bonds is 4. The zero-order valence-corrected chi connectivity index (χ0v) is 18.2. The molecular formula is C21H32NO3P. The summed E-state index contributed by atoms with van der Waals surface area (Å²) >= 11 is 0. The van der Waals surface area contributed by atoms with Gasteiger partial charge in [-0.25, -0.2) is 4.99 Å². The third kappa shape index (κ3) is 3.22. The Morgan fingerprint density at radius 1 is 1.19 bits per heavy atom. The van der Waals surface area contributed by atoms with Gasteiger partial charge in [0.1, 0.15) is 24.0 Å². The summed E-state index contributed by atoms with van der Waals surface area (Å²) in [6.07, 6.45) is 0. The first-order chi connectivity index (χ1) is 12.1. The summed E-state index contributed by atoms with van der Waals surface area (Å²) in [5.74, 6) is 3.20. The summed E-state index contributed by atoms with van der Waals surface area (Å²) in [5.41, 5.74) is -0.299. The number of fused-ring (bicyclic) bond motifs is 1. The SMILES string of the molecule is COc1cccc2c1P(C(C)(C)C)C(C(C)(C)C1=N[C@@H](C(C)C)CO1)O2. The highest BCUT2D eigenvalue weighted by Crippen LogP contribution is 2.64. The van der Waals surface area contributed by atoms with Crippen molar-refractivity contribution in [1.29, 1.82) is 0 Å². The van der Waals surface area contributed by atoms with Gasteiger partial charge in [-0.1, -0.05) is 40.7 Å². The average Bonchev–Trinajstić information content (AvgIpc) is 3.19. The van der Waals surface area contributed by atoms with Gasteiger partial charge >= 0.3 is 0 Å². The maximum atomic E-state index is 6.55. The van der Waals surface area contributed by atoms with Crippen LogP contribution in [0.1, 0.15) is 48.5 Å². The second-order valence-electron chi connectivity index (χ2n) is 9.10. The molecule has 2 heterocycles. The predicted molar refractivity (Wildman–Crippen MR) is 110 cm³/mol. The molecule has 2 aliphatic heterocycles. The maximum Gasteiger partial charge on any atom is 0.193 e. The fraction of sp³-hybridized carbons (Fsp3) is 0.667. The van der Waals surface area contributed by atoms with Crippen molar-refractivity contribution in [3.05, 3.63) is 18.2 Å². The lowest BCUT2D eigenvalue weighted by atomic mass is 9.94. The molecule has 26 heavy (non-hydrogen) atoms. The largest absolute Gasteiger partial charge is 0.496 e. The van der Waals surface area contributed by atoms with Gasteiger partial charge < -0.3 is 14.2 Å². The average molecular weight is 377 g/mol. The Kier molecular flexibility index (Phi) is 5.03. The number of nitrogens with zero attached hydrogens (tertiary/aromatic N) is 1. The van der Waals surface area contributed by atoms with Crippen molar-refractivity contribution in [2.24, 2.45) is 16.3 Å². The third-order valence-corrected chi connectivity index (χ3v) is 8.82. The van der Waals surface area contributed by atoms with Crippen molar-refractivity contribution in [3.63, 3.8) is 0 Å². The molecule has 0 saturated carbocycles. The van der Waals surface area contributed by atoms with Crippen molar-refractivity contribution in [1.82, 2.24) is 0 Å². The molecule has 1 aromatic carbocycles. The zero-order chi connectivity index (χ0) is 19.3. The summed E-state index contributed by atoms with van der Waals surface area (Å²) < 4.78 is 18.3. The van der Waals surface area contributed by atoms with E-state index in [1.165, 1.54) is 5.30 Å². The Hall–Kier alpha value is -1.28. The van der Waals surface area contributed by atoms with Crippen LogP contribution < -0.4 is 14.8 Å². The minimum Gasteiger partial charge on any atom is -0.496 e. The van der Waals surface area contributed by atoms with Gasteiger partial charge in [-0.05, 0) is 45.0 Å². The molecule has 2 unspecified atom stereocenters. The van der Waals surface area contributed by atoms with Gasteiger partial charge in [-0.3, -0.25) is 0 Å². The number of aliphatic imine (C=N–C) groups is 1. The van der Waals surface area contributed by atoms with E-state index in [1.807, 2.05) is 12.1 Å². The molecule has 4 nitrogen and oxygen atoms in total. The van der Waals surface area contributed by atoms with Gasteiger partial charge in [-0.15, -0.1) is 0 Å². The van der Waals surface area contributed by atoms with Crippen LogP contribution in [0.2, 0.25) is 0 Å². The summed E-state index contributed by atoms with van der Waals surface area (Å²) in [6.45, 7) is 16.4. The Labute approximate surface area is 159 Å². The number of ether oxygens (including phenoxy) is 3. The molecule has 3 rings (SSSR count). The first-order valence-corrected chi connectivity index (χ1v) is 10.8. The van der Waals surface area contributed by atoms with E-state index in [-0.39, 0.29) is 22.5 Å². The van der Waals surface area contributed by atoms with Gasteiger partial charge in [0.05, 0.1) is 23.9 Å². The van der Waals surface area contributed by atoms with E-state index >= 15 is 0 Å². The lowest BCUT2D eigenvalue weighted by Crippen LogP contribution is -2.41. The van der Waals surface area contributed by atoms with E-state index in [0.29, 0.717) is 12.5 Å². The molecule has 0 aliphatic carbocycles. The Morgan fingerprint density at radius 3 is 2.42 bits per heavy atom. The highest BCUT2D eigenvalue weighted by molar-refractivity contribution is 7.68. The molecule has 0 N–H and O–H groups in total. The Bertz CT molecular complexity index is 706. The van der Waals surface area contributed by atoms with E-state index in [2.05, 4.69) is 54.5 Å². The van der Waals surface area contributed by atoms with Crippen LogP contribution in [-0.4, -0.2) is 36.7 Å². The quantitative estimate of drug-likeness (QED) is 0.708. The fourth-order valence-corrected chi connectivity index (χ4v) is 6.99. The van der Waals surface area contributed by atoms with Crippen LogP contribution in [-0.2, 0) is 4.74 Å². The predicted octanol–water partition coefficient (Wildman–Crippen LogP) is 4.80. The monoisotopic (exact) mass is 377 g/mol. The number of hydrogen-bond acceptors (Lipinski definition) is 4. The second kappa shape index (κ2) is 6.71. The Morgan fingerprint density at radius 2 is 1.88 bits per heavy atom. The van der Waals surface area contributed by atoms with E-state index in [0.717, 1.165) is 17.4 Å². The van der Waals surface area contributed by atoms with Gasteiger partial charge in [0.2, 0.25) is 0 Å². The molecule has 144 valence electrons. The molecule has 0 amide bonds. The number of hydrogen-bond donors (Lipinski definition) is 0. The minimum absolute atomic E-state index is 0.00784. The van der Waals surface area contributed by atoms with E-state index < -0.39 is 7.92 Å². The van der Waals surface area contributed by atoms with Gasteiger partial charge in [0.25, 0.3) is 0 Å². The van der Waals surface area contributed by atoms with Crippen LogP contribution in [0.4, 0.5) is 0 Å². The second-order valence-corrected chi connectivity index (χ2v) is 12.1. The molecule has 0 saturated heterocycles. The normalized spacial score (nSPS) is 25.6. The molecule has 1 aromatic rings. The lowest BCUT2D eigenvalue weighted by molar-refractivity contribution is 0.172. The van der Waals surface area contributed by atoms with Gasteiger partial charge in [0.15, 0.2) is 5.90 Å². The molecule has 2 aliphatic rings. The summed E-state index contributed by atoms with van der Waals surface area (Å²) in [4.78, 5) is 4.92. The first kappa shape index (κ1) is 19.5. The number of benzene rings is 1. The van der Waals surface area contributed by atoms with Crippen LogP contribution in [0, 0.1) is 11.3 Å². The minimum atomic E-state index is -0.634.